The molecule has 0 saturated carbocycles. The van der Waals surface area contributed by atoms with Crippen molar-refractivity contribution in [1.82, 2.24) is 14.9 Å². The SMILES string of the molecule is O=C(CCNc1nc2ccccc2s1)N1CCN(c2ccccn2)CC1. The lowest BCUT2D eigenvalue weighted by molar-refractivity contribution is -0.131. The number of anilines is 2. The number of amides is 1. The highest BCUT2D eigenvalue weighted by molar-refractivity contribution is 7.22. The smallest absolute Gasteiger partial charge is 0.224 e. The van der Waals surface area contributed by atoms with Crippen LogP contribution in [0.15, 0.2) is 48.7 Å². The Morgan fingerprint density at radius 3 is 2.65 bits per heavy atom. The lowest BCUT2D eigenvalue weighted by atomic mass is 10.2. The molecule has 1 aliphatic rings. The van der Waals surface area contributed by atoms with E-state index >= 15 is 0 Å². The molecule has 1 N–H and O–H groups in total. The second kappa shape index (κ2) is 7.70. The molecule has 3 aromatic rings. The summed E-state index contributed by atoms with van der Waals surface area (Å²) in [6.07, 6.45) is 2.29. The summed E-state index contributed by atoms with van der Waals surface area (Å²) in [5.74, 6) is 1.18. The molecule has 0 radical (unpaired) electrons. The Hall–Kier alpha value is -2.67. The third kappa shape index (κ3) is 3.77. The maximum Gasteiger partial charge on any atom is 0.224 e. The minimum Gasteiger partial charge on any atom is -0.361 e. The third-order valence-electron chi connectivity index (χ3n) is 4.51. The Balaban J connectivity index is 1.24. The Labute approximate surface area is 156 Å². The maximum absolute atomic E-state index is 12.4. The molecule has 6 nitrogen and oxygen atoms in total. The van der Waals surface area contributed by atoms with Crippen LogP contribution < -0.4 is 10.2 Å². The van der Waals surface area contributed by atoms with Gasteiger partial charge in [0.15, 0.2) is 5.13 Å². The van der Waals surface area contributed by atoms with Crippen molar-refractivity contribution in [2.75, 3.05) is 42.9 Å². The number of hydrogen-bond donors (Lipinski definition) is 1. The molecule has 0 aliphatic carbocycles. The minimum absolute atomic E-state index is 0.194. The van der Waals surface area contributed by atoms with Gasteiger partial charge in [-0.05, 0) is 24.3 Å². The maximum atomic E-state index is 12.4. The zero-order chi connectivity index (χ0) is 17.8. The van der Waals surface area contributed by atoms with Crippen molar-refractivity contribution in [2.45, 2.75) is 6.42 Å². The molecule has 3 heterocycles. The van der Waals surface area contributed by atoms with Gasteiger partial charge in [0.2, 0.25) is 5.91 Å². The summed E-state index contributed by atoms with van der Waals surface area (Å²) in [7, 11) is 0. The predicted octanol–water partition coefficient (Wildman–Crippen LogP) is 2.84. The van der Waals surface area contributed by atoms with E-state index in [4.69, 9.17) is 0 Å². The first-order valence-corrected chi connectivity index (χ1v) is 9.64. The number of thiazole rings is 1. The van der Waals surface area contributed by atoms with Gasteiger partial charge in [0.25, 0.3) is 0 Å². The van der Waals surface area contributed by atoms with E-state index in [1.807, 2.05) is 41.3 Å². The van der Waals surface area contributed by atoms with Crippen LogP contribution in [-0.4, -0.2) is 53.5 Å². The van der Waals surface area contributed by atoms with Gasteiger partial charge in [-0.15, -0.1) is 0 Å². The van der Waals surface area contributed by atoms with Crippen molar-refractivity contribution in [3.05, 3.63) is 48.7 Å². The van der Waals surface area contributed by atoms with Crippen molar-refractivity contribution in [3.63, 3.8) is 0 Å². The van der Waals surface area contributed by atoms with Crippen LogP contribution >= 0.6 is 11.3 Å². The fourth-order valence-electron chi connectivity index (χ4n) is 3.11. The largest absolute Gasteiger partial charge is 0.361 e. The molecule has 0 spiro atoms. The standard InChI is InChI=1S/C19H21N5OS/c25-18(8-10-21-19-22-15-5-1-2-6-16(15)26-19)24-13-11-23(12-14-24)17-7-3-4-9-20-17/h1-7,9H,8,10-14H2,(H,21,22). The van der Waals surface area contributed by atoms with Crippen molar-refractivity contribution in [2.24, 2.45) is 0 Å². The molecular weight excluding hydrogens is 346 g/mol. The van der Waals surface area contributed by atoms with Crippen LogP contribution in [-0.2, 0) is 4.79 Å². The summed E-state index contributed by atoms with van der Waals surface area (Å²) in [4.78, 5) is 25.5. The molecule has 7 heteroatoms. The normalized spacial score (nSPS) is 14.6. The molecular formula is C19H21N5OS. The molecule has 4 rings (SSSR count). The van der Waals surface area contributed by atoms with Gasteiger partial charge in [0.05, 0.1) is 10.2 Å². The molecule has 1 aromatic carbocycles. The second-order valence-electron chi connectivity index (χ2n) is 6.22. The average Bonchev–Trinajstić information content (AvgIpc) is 3.11. The number of benzene rings is 1. The van der Waals surface area contributed by atoms with E-state index in [-0.39, 0.29) is 5.91 Å². The molecule has 1 saturated heterocycles. The minimum atomic E-state index is 0.194. The number of carbonyl (C=O) groups excluding carboxylic acids is 1. The van der Waals surface area contributed by atoms with E-state index in [1.165, 1.54) is 0 Å². The Bertz CT molecular complexity index is 841. The quantitative estimate of drug-likeness (QED) is 0.751. The number of rotatable bonds is 5. The number of pyridine rings is 1. The van der Waals surface area contributed by atoms with E-state index in [0.29, 0.717) is 13.0 Å². The van der Waals surface area contributed by atoms with Crippen LogP contribution in [0, 0.1) is 0 Å². The number of nitrogens with zero attached hydrogens (tertiary/aromatic N) is 4. The van der Waals surface area contributed by atoms with Crippen molar-refractivity contribution >= 4 is 38.4 Å². The molecule has 134 valence electrons. The molecule has 1 amide bonds. The number of aromatic nitrogens is 2. The average molecular weight is 367 g/mol. The lowest BCUT2D eigenvalue weighted by Crippen LogP contribution is -2.49. The van der Waals surface area contributed by atoms with Gasteiger partial charge in [-0.1, -0.05) is 29.5 Å². The molecule has 0 bridgehead atoms. The van der Waals surface area contributed by atoms with Gasteiger partial charge in [0.1, 0.15) is 5.82 Å². The molecule has 1 aliphatic heterocycles. The first-order chi connectivity index (χ1) is 12.8. The monoisotopic (exact) mass is 367 g/mol. The van der Waals surface area contributed by atoms with Crippen LogP contribution in [0.3, 0.4) is 0 Å². The summed E-state index contributed by atoms with van der Waals surface area (Å²) in [6.45, 7) is 3.76. The highest BCUT2D eigenvalue weighted by Gasteiger charge is 2.21. The molecule has 2 aromatic heterocycles. The third-order valence-corrected chi connectivity index (χ3v) is 5.51. The van der Waals surface area contributed by atoms with Crippen LogP contribution in [0.5, 0.6) is 0 Å². The summed E-state index contributed by atoms with van der Waals surface area (Å²) in [5, 5.41) is 4.15. The molecule has 0 unspecified atom stereocenters. The zero-order valence-corrected chi connectivity index (χ0v) is 15.3. The number of carbonyl (C=O) groups is 1. The van der Waals surface area contributed by atoms with E-state index in [2.05, 4.69) is 26.3 Å². The van der Waals surface area contributed by atoms with Gasteiger partial charge in [-0.3, -0.25) is 4.79 Å². The fraction of sp³-hybridized carbons (Fsp3) is 0.316. The van der Waals surface area contributed by atoms with Crippen molar-refractivity contribution in [1.29, 1.82) is 0 Å². The predicted molar refractivity (Wildman–Crippen MR) is 106 cm³/mol. The molecule has 26 heavy (non-hydrogen) atoms. The highest BCUT2D eigenvalue weighted by atomic mass is 32.1. The Morgan fingerprint density at radius 1 is 1.08 bits per heavy atom. The van der Waals surface area contributed by atoms with Gasteiger partial charge in [-0.25, -0.2) is 9.97 Å². The number of para-hydroxylation sites is 1. The summed E-state index contributed by atoms with van der Waals surface area (Å²) < 4.78 is 1.16. The summed E-state index contributed by atoms with van der Waals surface area (Å²) in [5.41, 5.74) is 0.997. The highest BCUT2D eigenvalue weighted by Crippen LogP contribution is 2.25. The summed E-state index contributed by atoms with van der Waals surface area (Å²) >= 11 is 1.62. The Morgan fingerprint density at radius 2 is 1.88 bits per heavy atom. The number of nitrogens with one attached hydrogen (secondary N) is 1. The first-order valence-electron chi connectivity index (χ1n) is 8.83. The second-order valence-corrected chi connectivity index (χ2v) is 7.25. The van der Waals surface area contributed by atoms with Crippen molar-refractivity contribution < 1.29 is 4.79 Å². The van der Waals surface area contributed by atoms with Gasteiger partial charge in [-0.2, -0.15) is 0 Å². The van der Waals surface area contributed by atoms with E-state index in [9.17, 15) is 4.79 Å². The van der Waals surface area contributed by atoms with Crippen LogP contribution in [0.1, 0.15) is 6.42 Å². The van der Waals surface area contributed by atoms with Gasteiger partial charge < -0.3 is 15.1 Å². The van der Waals surface area contributed by atoms with Gasteiger partial charge in [0, 0.05) is 45.3 Å². The van der Waals surface area contributed by atoms with Crippen molar-refractivity contribution in [3.8, 4) is 0 Å². The van der Waals surface area contributed by atoms with E-state index < -0.39 is 0 Å². The summed E-state index contributed by atoms with van der Waals surface area (Å²) in [6, 6.07) is 14.0. The van der Waals surface area contributed by atoms with Crippen LogP contribution in [0.2, 0.25) is 0 Å². The number of piperazine rings is 1. The lowest BCUT2D eigenvalue weighted by Gasteiger charge is -2.35. The molecule has 1 fully saturated rings. The zero-order valence-electron chi connectivity index (χ0n) is 14.5. The fourth-order valence-corrected chi connectivity index (χ4v) is 4.00. The van der Waals surface area contributed by atoms with Gasteiger partial charge >= 0.3 is 0 Å². The first kappa shape index (κ1) is 16.8. The van der Waals surface area contributed by atoms with E-state index in [0.717, 1.165) is 47.3 Å². The molecule has 0 atom stereocenters. The van der Waals surface area contributed by atoms with E-state index in [1.54, 1.807) is 17.5 Å². The Kier molecular flexibility index (Phi) is 4.97. The van der Waals surface area contributed by atoms with Crippen LogP contribution in [0.25, 0.3) is 10.2 Å². The number of fused-ring (bicyclic) bond motifs is 1. The number of hydrogen-bond acceptors (Lipinski definition) is 6. The van der Waals surface area contributed by atoms with Crippen LogP contribution in [0.4, 0.5) is 10.9 Å². The topological polar surface area (TPSA) is 61.4 Å².